The third kappa shape index (κ3) is 5.18. The molecule has 0 amide bonds. The van der Waals surface area contributed by atoms with Gasteiger partial charge in [-0.15, -0.1) is 0 Å². The molecule has 7 nitrogen and oxygen atoms in total. The van der Waals surface area contributed by atoms with Gasteiger partial charge in [0.1, 0.15) is 4.90 Å². The molecule has 3 heterocycles. The Labute approximate surface area is 163 Å². The molecule has 0 saturated carbocycles. The molecule has 2 fully saturated rings. The third-order valence-corrected chi connectivity index (χ3v) is 6.50. The van der Waals surface area contributed by atoms with Gasteiger partial charge in [-0.2, -0.15) is 0 Å². The van der Waals surface area contributed by atoms with Gasteiger partial charge in [0.2, 0.25) is 5.95 Å². The van der Waals surface area contributed by atoms with Crippen molar-refractivity contribution < 1.29 is 8.42 Å². The molecule has 27 heavy (non-hydrogen) atoms. The molecule has 152 valence electrons. The van der Waals surface area contributed by atoms with Crippen LogP contribution in [0.3, 0.4) is 0 Å². The van der Waals surface area contributed by atoms with Crippen LogP contribution in [-0.4, -0.2) is 54.9 Å². The van der Waals surface area contributed by atoms with E-state index >= 15 is 0 Å². The molecule has 0 spiro atoms. The second-order valence-electron chi connectivity index (χ2n) is 9.40. The number of anilines is 1. The van der Waals surface area contributed by atoms with Crippen LogP contribution in [0.25, 0.3) is 0 Å². The smallest absolute Gasteiger partial charge is 0.223 e. The molecule has 2 saturated heterocycles. The van der Waals surface area contributed by atoms with E-state index in [0.29, 0.717) is 11.6 Å². The SMILES string of the molecule is CC1(C)CC(Nc2ncc(S(C)(=O)=O)c([C@@H]3CCCNC3)n2)CC(C)(C)N1. The van der Waals surface area contributed by atoms with Gasteiger partial charge in [0.15, 0.2) is 9.84 Å². The summed E-state index contributed by atoms with van der Waals surface area (Å²) in [6, 6.07) is 0.234. The number of nitrogens with one attached hydrogen (secondary N) is 3. The molecule has 2 aliphatic rings. The Morgan fingerprint density at radius 3 is 2.41 bits per heavy atom. The molecule has 0 aliphatic carbocycles. The number of piperidine rings is 2. The normalized spacial score (nSPS) is 25.9. The first-order chi connectivity index (χ1) is 12.5. The average molecular weight is 396 g/mol. The number of hydrogen-bond acceptors (Lipinski definition) is 7. The highest BCUT2D eigenvalue weighted by Crippen LogP contribution is 2.31. The van der Waals surface area contributed by atoms with Crippen LogP contribution in [0.1, 0.15) is 65.0 Å². The lowest BCUT2D eigenvalue weighted by atomic mass is 9.80. The fourth-order valence-electron chi connectivity index (χ4n) is 4.72. The fourth-order valence-corrected chi connectivity index (χ4v) is 5.56. The largest absolute Gasteiger partial charge is 0.351 e. The van der Waals surface area contributed by atoms with E-state index in [1.54, 1.807) is 0 Å². The average Bonchev–Trinajstić information content (AvgIpc) is 2.51. The predicted octanol–water partition coefficient (Wildman–Crippen LogP) is 2.07. The van der Waals surface area contributed by atoms with Gasteiger partial charge in [-0.3, -0.25) is 0 Å². The minimum absolute atomic E-state index is 0.0161. The number of aromatic nitrogens is 2. The van der Waals surface area contributed by atoms with Crippen LogP contribution in [0.5, 0.6) is 0 Å². The van der Waals surface area contributed by atoms with Gasteiger partial charge >= 0.3 is 0 Å². The van der Waals surface area contributed by atoms with Crippen LogP contribution >= 0.6 is 0 Å². The summed E-state index contributed by atoms with van der Waals surface area (Å²) in [7, 11) is -3.36. The molecule has 3 N–H and O–H groups in total. The van der Waals surface area contributed by atoms with Crippen molar-refractivity contribution in [3.63, 3.8) is 0 Å². The first-order valence-electron chi connectivity index (χ1n) is 9.79. The Bertz CT molecular complexity index is 769. The van der Waals surface area contributed by atoms with Gasteiger partial charge in [-0.05, 0) is 59.9 Å². The molecule has 0 unspecified atom stereocenters. The van der Waals surface area contributed by atoms with Crippen molar-refractivity contribution in [3.05, 3.63) is 11.9 Å². The standard InChI is InChI=1S/C19H33N5O2S/c1-18(2)9-14(10-19(3,4)24-18)22-17-21-12-15(27(5,25)26)16(23-17)13-7-6-8-20-11-13/h12-14,20,24H,6-11H2,1-5H3,(H,21,22,23)/t13-/m1/s1. The molecule has 0 bridgehead atoms. The Kier molecular flexibility index (Phi) is 5.53. The topological polar surface area (TPSA) is 96.0 Å². The van der Waals surface area contributed by atoms with Crippen LogP contribution in [0, 0.1) is 0 Å². The quantitative estimate of drug-likeness (QED) is 0.718. The van der Waals surface area contributed by atoms with Gasteiger partial charge in [0.05, 0.1) is 11.9 Å². The van der Waals surface area contributed by atoms with Crippen molar-refractivity contribution in [2.75, 3.05) is 24.7 Å². The molecule has 3 rings (SSSR count). The van der Waals surface area contributed by atoms with Crippen molar-refractivity contribution in [3.8, 4) is 0 Å². The summed E-state index contributed by atoms with van der Waals surface area (Å²) in [4.78, 5) is 9.30. The third-order valence-electron chi connectivity index (χ3n) is 5.39. The molecule has 8 heteroatoms. The highest BCUT2D eigenvalue weighted by Gasteiger charge is 2.38. The van der Waals surface area contributed by atoms with E-state index in [9.17, 15) is 8.42 Å². The lowest BCUT2D eigenvalue weighted by Gasteiger charge is -2.46. The zero-order chi connectivity index (χ0) is 19.9. The summed E-state index contributed by atoms with van der Waals surface area (Å²) >= 11 is 0. The summed E-state index contributed by atoms with van der Waals surface area (Å²) in [5.74, 6) is 0.634. The van der Waals surface area contributed by atoms with Gasteiger partial charge in [-0.25, -0.2) is 18.4 Å². The van der Waals surface area contributed by atoms with Gasteiger partial charge in [0.25, 0.3) is 0 Å². The summed E-state index contributed by atoms with van der Waals surface area (Å²) in [6.45, 7) is 10.5. The zero-order valence-corrected chi connectivity index (χ0v) is 17.9. The maximum absolute atomic E-state index is 12.2. The maximum Gasteiger partial charge on any atom is 0.223 e. The molecule has 0 aromatic carbocycles. The van der Waals surface area contributed by atoms with Crippen molar-refractivity contribution in [1.82, 2.24) is 20.6 Å². The summed E-state index contributed by atoms with van der Waals surface area (Å²) < 4.78 is 24.5. The monoisotopic (exact) mass is 395 g/mol. The van der Waals surface area contributed by atoms with Crippen molar-refractivity contribution >= 4 is 15.8 Å². The van der Waals surface area contributed by atoms with Gasteiger partial charge < -0.3 is 16.0 Å². The Morgan fingerprint density at radius 1 is 1.19 bits per heavy atom. The van der Waals surface area contributed by atoms with Crippen LogP contribution in [0.15, 0.2) is 11.1 Å². The number of rotatable bonds is 4. The lowest BCUT2D eigenvalue weighted by Crippen LogP contribution is -2.60. The van der Waals surface area contributed by atoms with Gasteiger partial charge in [-0.1, -0.05) is 0 Å². The summed E-state index contributed by atoms with van der Waals surface area (Å²) in [5.41, 5.74) is 0.680. The zero-order valence-electron chi connectivity index (χ0n) is 17.1. The highest BCUT2D eigenvalue weighted by atomic mass is 32.2. The minimum atomic E-state index is -3.36. The molecule has 2 aliphatic heterocycles. The van der Waals surface area contributed by atoms with E-state index in [1.807, 2.05) is 0 Å². The van der Waals surface area contributed by atoms with E-state index in [1.165, 1.54) is 12.5 Å². The van der Waals surface area contributed by atoms with Crippen molar-refractivity contribution in [2.45, 2.75) is 81.3 Å². The van der Waals surface area contributed by atoms with E-state index in [0.717, 1.165) is 38.8 Å². The lowest BCUT2D eigenvalue weighted by molar-refractivity contribution is 0.170. The Balaban J connectivity index is 1.88. The summed E-state index contributed by atoms with van der Waals surface area (Å²) in [5, 5.41) is 10.5. The molecule has 1 aromatic rings. The molecule has 1 atom stereocenters. The molecular formula is C19H33N5O2S. The highest BCUT2D eigenvalue weighted by molar-refractivity contribution is 7.90. The van der Waals surface area contributed by atoms with Crippen LogP contribution < -0.4 is 16.0 Å². The fraction of sp³-hybridized carbons (Fsp3) is 0.789. The Morgan fingerprint density at radius 2 is 1.85 bits per heavy atom. The molecule has 0 radical (unpaired) electrons. The minimum Gasteiger partial charge on any atom is -0.351 e. The van der Waals surface area contributed by atoms with Gasteiger partial charge in [0, 0.05) is 35.8 Å². The van der Waals surface area contributed by atoms with E-state index in [4.69, 9.17) is 4.98 Å². The first kappa shape index (κ1) is 20.5. The van der Waals surface area contributed by atoms with Crippen LogP contribution in [-0.2, 0) is 9.84 Å². The molecule has 1 aromatic heterocycles. The van der Waals surface area contributed by atoms with E-state index < -0.39 is 9.84 Å². The Hall–Kier alpha value is -1.25. The predicted molar refractivity (Wildman–Crippen MR) is 108 cm³/mol. The second kappa shape index (κ2) is 7.29. The number of nitrogens with zero attached hydrogens (tertiary/aromatic N) is 2. The van der Waals surface area contributed by atoms with E-state index in [2.05, 4.69) is 48.6 Å². The van der Waals surface area contributed by atoms with Crippen molar-refractivity contribution in [1.29, 1.82) is 0 Å². The van der Waals surface area contributed by atoms with Crippen LogP contribution in [0.2, 0.25) is 0 Å². The summed E-state index contributed by atoms with van der Waals surface area (Å²) in [6.07, 6.45) is 6.58. The first-order valence-corrected chi connectivity index (χ1v) is 11.7. The second-order valence-corrected chi connectivity index (χ2v) is 11.4. The van der Waals surface area contributed by atoms with Crippen LogP contribution in [0.4, 0.5) is 5.95 Å². The molecular weight excluding hydrogens is 362 g/mol. The van der Waals surface area contributed by atoms with E-state index in [-0.39, 0.29) is 27.9 Å². The maximum atomic E-state index is 12.2. The number of hydrogen-bond donors (Lipinski definition) is 3. The van der Waals surface area contributed by atoms with Crippen molar-refractivity contribution in [2.24, 2.45) is 0 Å². The number of sulfone groups is 1.